The van der Waals surface area contributed by atoms with Crippen LogP contribution in [0.4, 0.5) is 0 Å². The molecular formula is C16H21N3O2S. The minimum Gasteiger partial charge on any atom is -0.299 e. The molecule has 2 aromatic heterocycles. The molecule has 0 aromatic carbocycles. The van der Waals surface area contributed by atoms with Gasteiger partial charge in [0.2, 0.25) is 0 Å². The number of thiophene rings is 1. The Morgan fingerprint density at radius 1 is 1.27 bits per heavy atom. The minimum absolute atomic E-state index is 0.237. The van der Waals surface area contributed by atoms with Crippen LogP contribution in [0.15, 0.2) is 27.1 Å². The molecule has 1 aliphatic rings. The first kappa shape index (κ1) is 15.2. The van der Waals surface area contributed by atoms with Gasteiger partial charge in [0.15, 0.2) is 0 Å². The number of aromatic nitrogens is 2. The molecule has 0 saturated carbocycles. The van der Waals surface area contributed by atoms with E-state index in [2.05, 4.69) is 23.3 Å². The molecule has 1 atom stereocenters. The van der Waals surface area contributed by atoms with E-state index in [-0.39, 0.29) is 11.2 Å². The van der Waals surface area contributed by atoms with Gasteiger partial charge in [0.05, 0.1) is 0 Å². The number of hydrogen-bond donors (Lipinski definition) is 0. The van der Waals surface area contributed by atoms with Gasteiger partial charge < -0.3 is 0 Å². The van der Waals surface area contributed by atoms with Gasteiger partial charge in [-0.05, 0) is 29.9 Å². The lowest BCUT2D eigenvalue weighted by molar-refractivity contribution is 0.168. The highest BCUT2D eigenvalue weighted by atomic mass is 32.1. The van der Waals surface area contributed by atoms with Gasteiger partial charge in [-0.1, -0.05) is 6.92 Å². The van der Waals surface area contributed by atoms with E-state index in [1.54, 1.807) is 17.7 Å². The Morgan fingerprint density at radius 2 is 2.05 bits per heavy atom. The first-order chi connectivity index (χ1) is 10.5. The van der Waals surface area contributed by atoms with E-state index in [0.717, 1.165) is 29.6 Å². The Balaban J connectivity index is 1.94. The summed E-state index contributed by atoms with van der Waals surface area (Å²) in [4.78, 5) is 27.8. The Labute approximate surface area is 133 Å². The SMILES string of the molecule is CCC1c2ccsc2CCN1Cc1cc(=O)n(C)c(=O)n1C. The third-order valence-corrected chi connectivity index (χ3v) is 5.58. The Bertz CT molecular complexity index is 802. The molecule has 22 heavy (non-hydrogen) atoms. The van der Waals surface area contributed by atoms with Gasteiger partial charge in [-0.25, -0.2) is 4.79 Å². The number of hydrogen-bond acceptors (Lipinski definition) is 4. The highest BCUT2D eigenvalue weighted by Crippen LogP contribution is 2.35. The summed E-state index contributed by atoms with van der Waals surface area (Å²) in [6.07, 6.45) is 2.07. The minimum atomic E-state index is -0.260. The van der Waals surface area contributed by atoms with Crippen LogP contribution in [0.25, 0.3) is 0 Å². The van der Waals surface area contributed by atoms with Gasteiger partial charge in [0.1, 0.15) is 0 Å². The summed E-state index contributed by atoms with van der Waals surface area (Å²) in [6, 6.07) is 4.16. The fourth-order valence-corrected chi connectivity index (χ4v) is 4.18. The quantitative estimate of drug-likeness (QED) is 0.864. The highest BCUT2D eigenvalue weighted by Gasteiger charge is 2.27. The average Bonchev–Trinajstić information content (AvgIpc) is 2.98. The second-order valence-electron chi connectivity index (χ2n) is 5.82. The summed E-state index contributed by atoms with van der Waals surface area (Å²) in [6.45, 7) is 3.79. The summed E-state index contributed by atoms with van der Waals surface area (Å²) >= 11 is 1.83. The lowest BCUT2D eigenvalue weighted by Crippen LogP contribution is -2.41. The third-order valence-electron chi connectivity index (χ3n) is 4.58. The summed E-state index contributed by atoms with van der Waals surface area (Å²) in [5.41, 5.74) is 1.70. The normalized spacial score (nSPS) is 18.4. The molecule has 1 unspecified atom stereocenters. The van der Waals surface area contributed by atoms with E-state index in [9.17, 15) is 9.59 Å². The average molecular weight is 319 g/mol. The van der Waals surface area contributed by atoms with Gasteiger partial charge in [-0.2, -0.15) is 0 Å². The maximum Gasteiger partial charge on any atom is 0.330 e. The van der Waals surface area contributed by atoms with E-state index >= 15 is 0 Å². The monoisotopic (exact) mass is 319 g/mol. The molecule has 0 saturated heterocycles. The van der Waals surface area contributed by atoms with E-state index in [1.807, 2.05) is 11.3 Å². The van der Waals surface area contributed by atoms with Gasteiger partial charge in [0.25, 0.3) is 5.56 Å². The fraction of sp³-hybridized carbons (Fsp3) is 0.500. The zero-order chi connectivity index (χ0) is 15.9. The predicted octanol–water partition coefficient (Wildman–Crippen LogP) is 1.65. The zero-order valence-electron chi connectivity index (χ0n) is 13.2. The summed E-state index contributed by atoms with van der Waals surface area (Å²) in [5.74, 6) is 0. The molecule has 0 radical (unpaired) electrons. The Kier molecular flexibility index (Phi) is 4.06. The van der Waals surface area contributed by atoms with Crippen molar-refractivity contribution in [3.8, 4) is 0 Å². The van der Waals surface area contributed by atoms with Gasteiger partial charge in [-0.15, -0.1) is 11.3 Å². The van der Waals surface area contributed by atoms with Crippen LogP contribution in [0, 0.1) is 0 Å². The van der Waals surface area contributed by atoms with Crippen LogP contribution in [0.2, 0.25) is 0 Å². The van der Waals surface area contributed by atoms with Crippen LogP contribution in [-0.4, -0.2) is 20.6 Å². The topological polar surface area (TPSA) is 47.2 Å². The molecular weight excluding hydrogens is 298 g/mol. The third kappa shape index (κ3) is 2.46. The van der Waals surface area contributed by atoms with Crippen LogP contribution in [-0.2, 0) is 27.1 Å². The van der Waals surface area contributed by atoms with Crippen LogP contribution < -0.4 is 11.2 Å². The summed E-state index contributed by atoms with van der Waals surface area (Å²) < 4.78 is 2.73. The lowest BCUT2D eigenvalue weighted by atomic mass is 9.97. The molecule has 2 aromatic rings. The van der Waals surface area contributed by atoms with Crippen molar-refractivity contribution in [3.63, 3.8) is 0 Å². The first-order valence-electron chi connectivity index (χ1n) is 7.59. The molecule has 118 valence electrons. The van der Waals surface area contributed by atoms with Crippen LogP contribution >= 0.6 is 11.3 Å². The molecule has 0 aliphatic carbocycles. The van der Waals surface area contributed by atoms with Crippen molar-refractivity contribution >= 4 is 11.3 Å². The van der Waals surface area contributed by atoms with E-state index in [1.165, 1.54) is 17.5 Å². The second-order valence-corrected chi connectivity index (χ2v) is 6.82. The van der Waals surface area contributed by atoms with Crippen LogP contribution in [0.5, 0.6) is 0 Å². The van der Waals surface area contributed by atoms with Crippen molar-refractivity contribution < 1.29 is 0 Å². The van der Waals surface area contributed by atoms with Crippen molar-refractivity contribution in [1.29, 1.82) is 0 Å². The number of rotatable bonds is 3. The molecule has 0 N–H and O–H groups in total. The molecule has 0 fully saturated rings. The van der Waals surface area contributed by atoms with Crippen LogP contribution in [0.1, 0.15) is 35.5 Å². The van der Waals surface area contributed by atoms with Crippen molar-refractivity contribution in [2.24, 2.45) is 14.1 Å². The molecule has 1 aliphatic heterocycles. The standard InChI is InChI=1S/C16H21N3O2S/c1-4-13-12-6-8-22-14(12)5-7-19(13)10-11-9-15(20)18(3)16(21)17(11)2/h6,8-9,13H,4-5,7,10H2,1-3H3. The van der Waals surface area contributed by atoms with Gasteiger partial charge in [-0.3, -0.25) is 18.8 Å². The van der Waals surface area contributed by atoms with Crippen molar-refractivity contribution in [2.75, 3.05) is 6.54 Å². The Hall–Kier alpha value is -1.66. The highest BCUT2D eigenvalue weighted by molar-refractivity contribution is 7.10. The van der Waals surface area contributed by atoms with Gasteiger partial charge in [0, 0.05) is 49.9 Å². The molecule has 3 heterocycles. The number of nitrogens with zero attached hydrogens (tertiary/aromatic N) is 3. The second kappa shape index (κ2) is 5.85. The molecule has 0 bridgehead atoms. The molecule has 5 nitrogen and oxygen atoms in total. The maximum absolute atomic E-state index is 12.1. The first-order valence-corrected chi connectivity index (χ1v) is 8.47. The molecule has 0 amide bonds. The lowest BCUT2D eigenvalue weighted by Gasteiger charge is -2.35. The maximum atomic E-state index is 12.1. The van der Waals surface area contributed by atoms with Crippen LogP contribution in [0.3, 0.4) is 0 Å². The fourth-order valence-electron chi connectivity index (χ4n) is 3.25. The van der Waals surface area contributed by atoms with Crippen molar-refractivity contribution in [1.82, 2.24) is 14.0 Å². The summed E-state index contributed by atoms with van der Waals surface area (Å²) in [5, 5.41) is 2.16. The molecule has 0 spiro atoms. The largest absolute Gasteiger partial charge is 0.330 e. The molecule has 3 rings (SSSR count). The summed E-state index contributed by atoms with van der Waals surface area (Å²) in [7, 11) is 3.25. The van der Waals surface area contributed by atoms with E-state index in [0.29, 0.717) is 12.6 Å². The smallest absolute Gasteiger partial charge is 0.299 e. The van der Waals surface area contributed by atoms with E-state index < -0.39 is 0 Å². The molecule has 6 heteroatoms. The van der Waals surface area contributed by atoms with E-state index in [4.69, 9.17) is 0 Å². The predicted molar refractivity (Wildman–Crippen MR) is 88.4 cm³/mol. The van der Waals surface area contributed by atoms with Crippen molar-refractivity contribution in [3.05, 3.63) is 54.5 Å². The number of fused-ring (bicyclic) bond motifs is 1. The zero-order valence-corrected chi connectivity index (χ0v) is 14.0. The van der Waals surface area contributed by atoms with Gasteiger partial charge >= 0.3 is 5.69 Å². The Morgan fingerprint density at radius 3 is 2.77 bits per heavy atom. The van der Waals surface area contributed by atoms with Crippen molar-refractivity contribution in [2.45, 2.75) is 32.4 Å².